The molecule has 0 saturated heterocycles. The minimum Gasteiger partial charge on any atom is -0.352 e. The number of hydrogen-bond acceptors (Lipinski definition) is 1. The SMILES string of the molecule is C#CCCCCNC(=O)c1ccccc1I. The van der Waals surface area contributed by atoms with Crippen molar-refractivity contribution >= 4 is 28.5 Å². The second-order valence-corrected chi connectivity index (χ2v) is 4.56. The molecule has 0 aliphatic carbocycles. The van der Waals surface area contributed by atoms with Crippen molar-refractivity contribution in [1.29, 1.82) is 0 Å². The maximum absolute atomic E-state index is 11.7. The number of benzene rings is 1. The van der Waals surface area contributed by atoms with Gasteiger partial charge in [0, 0.05) is 16.5 Å². The standard InChI is InChI=1S/C13H14INO/c1-2-3-4-7-10-15-13(16)11-8-5-6-9-12(11)14/h1,5-6,8-9H,3-4,7,10H2,(H,15,16). The van der Waals surface area contributed by atoms with Crippen molar-refractivity contribution in [3.05, 3.63) is 33.4 Å². The third kappa shape index (κ3) is 4.23. The van der Waals surface area contributed by atoms with Crippen LogP contribution in [0.3, 0.4) is 0 Å². The number of amides is 1. The van der Waals surface area contributed by atoms with E-state index in [1.807, 2.05) is 24.3 Å². The Morgan fingerprint density at radius 1 is 1.38 bits per heavy atom. The lowest BCUT2D eigenvalue weighted by Crippen LogP contribution is -2.25. The molecule has 1 amide bonds. The van der Waals surface area contributed by atoms with Gasteiger partial charge in [0.25, 0.3) is 5.91 Å². The Kier molecular flexibility index (Phi) is 5.94. The molecule has 0 unspecified atom stereocenters. The Balaban J connectivity index is 2.36. The van der Waals surface area contributed by atoms with E-state index in [1.54, 1.807) is 0 Å². The third-order valence-electron chi connectivity index (χ3n) is 2.15. The van der Waals surface area contributed by atoms with Crippen LogP contribution in [0.25, 0.3) is 0 Å². The molecule has 2 nitrogen and oxygen atoms in total. The van der Waals surface area contributed by atoms with Crippen LogP contribution in [-0.2, 0) is 0 Å². The van der Waals surface area contributed by atoms with Gasteiger partial charge in [-0.2, -0.15) is 0 Å². The molecule has 16 heavy (non-hydrogen) atoms. The van der Waals surface area contributed by atoms with Crippen molar-refractivity contribution in [2.45, 2.75) is 19.3 Å². The second kappa shape index (κ2) is 7.29. The Morgan fingerprint density at radius 3 is 2.81 bits per heavy atom. The van der Waals surface area contributed by atoms with Gasteiger partial charge in [-0.05, 0) is 47.6 Å². The van der Waals surface area contributed by atoms with Gasteiger partial charge in [-0.15, -0.1) is 12.3 Å². The molecule has 0 radical (unpaired) electrons. The molecule has 0 bridgehead atoms. The highest BCUT2D eigenvalue weighted by Gasteiger charge is 2.07. The van der Waals surface area contributed by atoms with Crippen molar-refractivity contribution in [2.24, 2.45) is 0 Å². The number of rotatable bonds is 5. The summed E-state index contributed by atoms with van der Waals surface area (Å²) in [4.78, 5) is 11.7. The lowest BCUT2D eigenvalue weighted by Gasteiger charge is -2.05. The maximum atomic E-state index is 11.7. The van der Waals surface area contributed by atoms with Gasteiger partial charge in [-0.3, -0.25) is 4.79 Å². The molecular formula is C13H14INO. The molecule has 0 saturated carbocycles. The van der Waals surface area contributed by atoms with E-state index >= 15 is 0 Å². The van der Waals surface area contributed by atoms with E-state index in [0.717, 1.165) is 28.4 Å². The zero-order valence-corrected chi connectivity index (χ0v) is 11.2. The van der Waals surface area contributed by atoms with E-state index in [0.29, 0.717) is 6.54 Å². The first-order chi connectivity index (χ1) is 7.75. The Hall–Kier alpha value is -1.02. The van der Waals surface area contributed by atoms with Gasteiger partial charge in [-0.25, -0.2) is 0 Å². The summed E-state index contributed by atoms with van der Waals surface area (Å²) in [5.41, 5.74) is 0.736. The van der Waals surface area contributed by atoms with Gasteiger partial charge in [-0.1, -0.05) is 12.1 Å². The summed E-state index contributed by atoms with van der Waals surface area (Å²) in [7, 11) is 0. The van der Waals surface area contributed by atoms with Crippen molar-refractivity contribution in [3.63, 3.8) is 0 Å². The Bertz CT molecular complexity index is 395. The summed E-state index contributed by atoms with van der Waals surface area (Å²) >= 11 is 2.16. The van der Waals surface area contributed by atoms with Crippen molar-refractivity contribution < 1.29 is 4.79 Å². The average Bonchev–Trinajstić information content (AvgIpc) is 2.29. The third-order valence-corrected chi connectivity index (χ3v) is 3.09. The maximum Gasteiger partial charge on any atom is 0.252 e. The largest absolute Gasteiger partial charge is 0.352 e. The van der Waals surface area contributed by atoms with Crippen LogP contribution in [0, 0.1) is 15.9 Å². The molecular weight excluding hydrogens is 313 g/mol. The first-order valence-corrected chi connectivity index (χ1v) is 6.29. The van der Waals surface area contributed by atoms with E-state index in [4.69, 9.17) is 6.42 Å². The topological polar surface area (TPSA) is 29.1 Å². The van der Waals surface area contributed by atoms with Gasteiger partial charge in [0.15, 0.2) is 0 Å². The molecule has 0 aromatic heterocycles. The molecule has 84 valence electrons. The number of carbonyl (C=O) groups is 1. The van der Waals surface area contributed by atoms with Crippen LogP contribution < -0.4 is 5.32 Å². The van der Waals surface area contributed by atoms with E-state index in [1.165, 1.54) is 0 Å². The number of hydrogen-bond donors (Lipinski definition) is 1. The van der Waals surface area contributed by atoms with Gasteiger partial charge >= 0.3 is 0 Å². The summed E-state index contributed by atoms with van der Waals surface area (Å²) in [6, 6.07) is 7.55. The van der Waals surface area contributed by atoms with Crippen LogP contribution in [0.5, 0.6) is 0 Å². The first-order valence-electron chi connectivity index (χ1n) is 5.22. The molecule has 0 fully saturated rings. The molecule has 0 atom stereocenters. The summed E-state index contributed by atoms with van der Waals surface area (Å²) in [5, 5.41) is 2.89. The zero-order valence-electron chi connectivity index (χ0n) is 9.00. The molecule has 1 rings (SSSR count). The highest BCUT2D eigenvalue weighted by atomic mass is 127. The van der Waals surface area contributed by atoms with Crippen LogP contribution in [-0.4, -0.2) is 12.5 Å². The Morgan fingerprint density at radius 2 is 2.12 bits per heavy atom. The van der Waals surface area contributed by atoms with E-state index < -0.39 is 0 Å². The van der Waals surface area contributed by atoms with Crippen LogP contribution in [0.2, 0.25) is 0 Å². The van der Waals surface area contributed by atoms with E-state index in [-0.39, 0.29) is 5.91 Å². The van der Waals surface area contributed by atoms with Crippen molar-refractivity contribution in [2.75, 3.05) is 6.54 Å². The number of halogens is 1. The first kappa shape index (κ1) is 13.0. The number of nitrogens with one attached hydrogen (secondary N) is 1. The van der Waals surface area contributed by atoms with Crippen LogP contribution in [0.15, 0.2) is 24.3 Å². The predicted molar refractivity (Wildman–Crippen MR) is 74.2 cm³/mol. The molecule has 0 heterocycles. The fraction of sp³-hybridized carbons (Fsp3) is 0.308. The van der Waals surface area contributed by atoms with Crippen LogP contribution in [0.4, 0.5) is 0 Å². The normalized spacial score (nSPS) is 9.50. The fourth-order valence-electron chi connectivity index (χ4n) is 1.29. The molecule has 1 aromatic carbocycles. The summed E-state index contributed by atoms with van der Waals surface area (Å²) in [6.07, 6.45) is 7.81. The monoisotopic (exact) mass is 327 g/mol. The number of carbonyl (C=O) groups excluding carboxylic acids is 1. The van der Waals surface area contributed by atoms with E-state index in [2.05, 4.69) is 33.8 Å². The van der Waals surface area contributed by atoms with Gasteiger partial charge in [0.2, 0.25) is 0 Å². The van der Waals surface area contributed by atoms with Crippen LogP contribution in [0.1, 0.15) is 29.6 Å². The molecule has 0 aliphatic rings. The van der Waals surface area contributed by atoms with Gasteiger partial charge < -0.3 is 5.32 Å². The fourth-order valence-corrected chi connectivity index (χ4v) is 1.93. The average molecular weight is 327 g/mol. The predicted octanol–water partition coefficient (Wildman–Crippen LogP) is 2.82. The highest BCUT2D eigenvalue weighted by Crippen LogP contribution is 2.10. The molecule has 1 N–H and O–H groups in total. The summed E-state index contributed by atoms with van der Waals surface area (Å²) in [6.45, 7) is 0.686. The van der Waals surface area contributed by atoms with Gasteiger partial charge in [0.1, 0.15) is 0 Å². The minimum atomic E-state index is -0.00860. The summed E-state index contributed by atoms with van der Waals surface area (Å²) in [5.74, 6) is 2.57. The van der Waals surface area contributed by atoms with Crippen molar-refractivity contribution in [1.82, 2.24) is 5.32 Å². The second-order valence-electron chi connectivity index (χ2n) is 3.40. The lowest BCUT2D eigenvalue weighted by molar-refractivity contribution is 0.0952. The number of terminal acetylenes is 1. The van der Waals surface area contributed by atoms with E-state index in [9.17, 15) is 4.79 Å². The molecule has 0 aliphatic heterocycles. The zero-order chi connectivity index (χ0) is 11.8. The van der Waals surface area contributed by atoms with Crippen molar-refractivity contribution in [3.8, 4) is 12.3 Å². The lowest BCUT2D eigenvalue weighted by atomic mass is 10.2. The smallest absolute Gasteiger partial charge is 0.252 e. The molecule has 0 spiro atoms. The Labute approximate surface area is 110 Å². The molecule has 3 heteroatoms. The van der Waals surface area contributed by atoms with Gasteiger partial charge in [0.05, 0.1) is 5.56 Å². The van der Waals surface area contributed by atoms with Crippen LogP contribution >= 0.6 is 22.6 Å². The number of unbranched alkanes of at least 4 members (excludes halogenated alkanes) is 2. The molecule has 1 aromatic rings. The highest BCUT2D eigenvalue weighted by molar-refractivity contribution is 14.1. The minimum absolute atomic E-state index is 0.00860. The summed E-state index contributed by atoms with van der Waals surface area (Å²) < 4.78 is 0.973. The quantitative estimate of drug-likeness (QED) is 0.503.